The molecule has 1 aromatic carbocycles. The highest BCUT2D eigenvalue weighted by Crippen LogP contribution is 2.31. The monoisotopic (exact) mass is 389 g/mol. The normalized spacial score (nSPS) is 14.5. The molecule has 1 aliphatic rings. The van der Waals surface area contributed by atoms with Crippen LogP contribution in [-0.2, 0) is 20.9 Å². The molecule has 2 aromatic rings. The van der Waals surface area contributed by atoms with E-state index >= 15 is 0 Å². The fourth-order valence-corrected chi connectivity index (χ4v) is 2.96. The summed E-state index contributed by atoms with van der Waals surface area (Å²) in [5.74, 6) is 1.13. The lowest BCUT2D eigenvalue weighted by Crippen LogP contribution is -2.35. The number of carbonyl (C=O) groups is 2. The summed E-state index contributed by atoms with van der Waals surface area (Å²) in [6, 6.07) is 5.24. The number of carbonyl (C=O) groups excluding carboxylic acids is 2. The molecule has 0 aliphatic carbocycles. The molecule has 0 atom stereocenters. The second-order valence-electron chi connectivity index (χ2n) is 6.37. The van der Waals surface area contributed by atoms with Gasteiger partial charge in [-0.2, -0.15) is 4.98 Å². The minimum absolute atomic E-state index is 0.0111. The average Bonchev–Trinajstić information content (AvgIpc) is 3.10. The predicted molar refractivity (Wildman–Crippen MR) is 97.7 cm³/mol. The molecule has 0 saturated carbocycles. The van der Waals surface area contributed by atoms with Crippen LogP contribution in [0.3, 0.4) is 0 Å². The van der Waals surface area contributed by atoms with Gasteiger partial charge in [0.15, 0.2) is 18.1 Å². The molecule has 0 radical (unpaired) electrons. The summed E-state index contributed by atoms with van der Waals surface area (Å²) in [6.45, 7) is 0.370. The zero-order chi connectivity index (χ0) is 19.9. The molecule has 9 heteroatoms. The van der Waals surface area contributed by atoms with Gasteiger partial charge in [0.1, 0.15) is 6.54 Å². The Hall–Kier alpha value is -3.10. The molecule has 0 bridgehead atoms. The van der Waals surface area contributed by atoms with E-state index < -0.39 is 5.97 Å². The van der Waals surface area contributed by atoms with E-state index in [0.29, 0.717) is 35.9 Å². The fourth-order valence-electron chi connectivity index (χ4n) is 2.96. The lowest BCUT2D eigenvalue weighted by molar-refractivity contribution is -0.150. The summed E-state index contributed by atoms with van der Waals surface area (Å²) in [5, 5.41) is 3.90. The molecule has 0 N–H and O–H groups in total. The zero-order valence-electron chi connectivity index (χ0n) is 16.0. The van der Waals surface area contributed by atoms with Crippen molar-refractivity contribution in [2.24, 2.45) is 0 Å². The number of aromatic nitrogens is 2. The maximum Gasteiger partial charge on any atom is 0.326 e. The number of ether oxygens (including phenoxy) is 3. The Morgan fingerprint density at radius 3 is 2.79 bits per heavy atom. The van der Waals surface area contributed by atoms with E-state index in [4.69, 9.17) is 18.7 Å². The molecule has 1 amide bonds. The molecule has 2 heterocycles. The van der Waals surface area contributed by atoms with Crippen LogP contribution in [0, 0.1) is 0 Å². The second-order valence-corrected chi connectivity index (χ2v) is 6.37. The summed E-state index contributed by atoms with van der Waals surface area (Å²) in [5.41, 5.74) is 0.675. The predicted octanol–water partition coefficient (Wildman–Crippen LogP) is 2.20. The van der Waals surface area contributed by atoms with Crippen LogP contribution in [0.1, 0.15) is 31.6 Å². The lowest BCUT2D eigenvalue weighted by Gasteiger charge is -2.18. The highest BCUT2D eigenvalue weighted by molar-refractivity contribution is 5.82. The van der Waals surface area contributed by atoms with Gasteiger partial charge < -0.3 is 23.6 Å². The number of esters is 1. The standard InChI is InChI=1S/C19H23N3O6/c1-25-14-8-7-13(10-15(14)26-2)19-20-16(28-21-19)12-27-18(24)11-22-9-5-3-4-6-17(22)23/h7-8,10H,3-6,9,11-12H2,1-2H3. The van der Waals surface area contributed by atoms with Gasteiger partial charge in [-0.15, -0.1) is 0 Å². The van der Waals surface area contributed by atoms with Crippen molar-refractivity contribution in [3.63, 3.8) is 0 Å². The highest BCUT2D eigenvalue weighted by Gasteiger charge is 2.20. The van der Waals surface area contributed by atoms with Crippen LogP contribution in [0.2, 0.25) is 0 Å². The molecule has 1 aromatic heterocycles. The van der Waals surface area contributed by atoms with Crippen molar-refractivity contribution >= 4 is 11.9 Å². The first-order valence-electron chi connectivity index (χ1n) is 9.09. The van der Waals surface area contributed by atoms with Crippen molar-refractivity contribution in [2.75, 3.05) is 27.3 Å². The Morgan fingerprint density at radius 1 is 1.18 bits per heavy atom. The van der Waals surface area contributed by atoms with Crippen molar-refractivity contribution in [3.05, 3.63) is 24.1 Å². The third-order valence-electron chi connectivity index (χ3n) is 4.46. The SMILES string of the molecule is COc1ccc(-c2noc(COC(=O)CN3CCCCCC3=O)n2)cc1OC. The molecular weight excluding hydrogens is 366 g/mol. The number of methoxy groups -OCH3 is 2. The summed E-state index contributed by atoms with van der Waals surface area (Å²) >= 11 is 0. The minimum atomic E-state index is -0.499. The van der Waals surface area contributed by atoms with Gasteiger partial charge in [-0.3, -0.25) is 9.59 Å². The van der Waals surface area contributed by atoms with E-state index in [1.807, 2.05) is 0 Å². The van der Waals surface area contributed by atoms with Crippen LogP contribution in [-0.4, -0.2) is 54.2 Å². The topological polar surface area (TPSA) is 104 Å². The highest BCUT2D eigenvalue weighted by atomic mass is 16.6. The first kappa shape index (κ1) is 19.7. The number of rotatable bonds is 7. The summed E-state index contributed by atoms with van der Waals surface area (Å²) in [4.78, 5) is 29.7. The van der Waals surface area contributed by atoms with Gasteiger partial charge in [0.05, 0.1) is 14.2 Å². The van der Waals surface area contributed by atoms with Crippen LogP contribution in [0.5, 0.6) is 11.5 Å². The van der Waals surface area contributed by atoms with Crippen molar-refractivity contribution in [3.8, 4) is 22.9 Å². The molecule has 28 heavy (non-hydrogen) atoms. The third-order valence-corrected chi connectivity index (χ3v) is 4.46. The Morgan fingerprint density at radius 2 is 2.00 bits per heavy atom. The number of benzene rings is 1. The van der Waals surface area contributed by atoms with E-state index in [1.165, 1.54) is 12.0 Å². The largest absolute Gasteiger partial charge is 0.493 e. The Bertz CT molecular complexity index is 835. The molecule has 0 spiro atoms. The molecule has 1 aliphatic heterocycles. The van der Waals surface area contributed by atoms with E-state index in [9.17, 15) is 9.59 Å². The van der Waals surface area contributed by atoms with Gasteiger partial charge in [-0.25, -0.2) is 0 Å². The Balaban J connectivity index is 1.57. The van der Waals surface area contributed by atoms with E-state index in [1.54, 1.807) is 25.3 Å². The summed E-state index contributed by atoms with van der Waals surface area (Å²) in [6.07, 6.45) is 3.24. The van der Waals surface area contributed by atoms with Crippen molar-refractivity contribution in [1.29, 1.82) is 0 Å². The smallest absolute Gasteiger partial charge is 0.326 e. The maximum atomic E-state index is 12.0. The van der Waals surface area contributed by atoms with E-state index in [-0.39, 0.29) is 24.9 Å². The van der Waals surface area contributed by atoms with Crippen LogP contribution in [0.25, 0.3) is 11.4 Å². The van der Waals surface area contributed by atoms with Crippen LogP contribution in [0.4, 0.5) is 0 Å². The van der Waals surface area contributed by atoms with Gasteiger partial charge in [0, 0.05) is 18.5 Å². The first-order chi connectivity index (χ1) is 13.6. The number of likely N-dealkylation sites (tertiary alicyclic amines) is 1. The van der Waals surface area contributed by atoms with E-state index in [2.05, 4.69) is 10.1 Å². The molecule has 9 nitrogen and oxygen atoms in total. The molecule has 1 fully saturated rings. The first-order valence-corrected chi connectivity index (χ1v) is 9.09. The molecule has 1 saturated heterocycles. The minimum Gasteiger partial charge on any atom is -0.493 e. The van der Waals surface area contributed by atoms with Crippen molar-refractivity contribution in [1.82, 2.24) is 15.0 Å². The number of hydrogen-bond donors (Lipinski definition) is 0. The maximum absolute atomic E-state index is 12.0. The van der Waals surface area contributed by atoms with E-state index in [0.717, 1.165) is 19.3 Å². The Kier molecular flexibility index (Phi) is 6.46. The van der Waals surface area contributed by atoms with Crippen LogP contribution >= 0.6 is 0 Å². The second kappa shape index (κ2) is 9.20. The number of nitrogens with zero attached hydrogens (tertiary/aromatic N) is 3. The van der Waals surface area contributed by atoms with Gasteiger partial charge in [-0.05, 0) is 31.0 Å². The zero-order valence-corrected chi connectivity index (χ0v) is 16.0. The fraction of sp³-hybridized carbons (Fsp3) is 0.474. The quantitative estimate of drug-likeness (QED) is 0.664. The molecule has 0 unspecified atom stereocenters. The third kappa shape index (κ3) is 4.79. The van der Waals surface area contributed by atoms with Gasteiger partial charge in [0.25, 0.3) is 5.89 Å². The summed E-state index contributed by atoms with van der Waals surface area (Å²) < 4.78 is 20.8. The van der Waals surface area contributed by atoms with Crippen LogP contribution < -0.4 is 9.47 Å². The molecule has 150 valence electrons. The average molecular weight is 389 g/mol. The molecular formula is C19H23N3O6. The van der Waals surface area contributed by atoms with Crippen LogP contribution in [0.15, 0.2) is 22.7 Å². The number of amides is 1. The lowest BCUT2D eigenvalue weighted by atomic mass is 10.2. The number of hydrogen-bond acceptors (Lipinski definition) is 8. The van der Waals surface area contributed by atoms with Gasteiger partial charge in [0.2, 0.25) is 11.7 Å². The summed E-state index contributed by atoms with van der Waals surface area (Å²) in [7, 11) is 3.09. The molecule has 3 rings (SSSR count). The van der Waals surface area contributed by atoms with Gasteiger partial charge >= 0.3 is 5.97 Å². The van der Waals surface area contributed by atoms with Crippen molar-refractivity contribution < 1.29 is 28.3 Å². The Labute approximate surface area is 162 Å². The van der Waals surface area contributed by atoms with Gasteiger partial charge in [-0.1, -0.05) is 11.6 Å². The van der Waals surface area contributed by atoms with Crippen molar-refractivity contribution in [2.45, 2.75) is 32.3 Å².